The number of nitrogens with two attached hydrogens (primary N) is 1. The van der Waals surface area contributed by atoms with Gasteiger partial charge in [-0.1, -0.05) is 28.6 Å². The van der Waals surface area contributed by atoms with Crippen molar-refractivity contribution in [2.75, 3.05) is 18.2 Å². The quantitative estimate of drug-likeness (QED) is 0.511. The van der Waals surface area contributed by atoms with Gasteiger partial charge in [-0.05, 0) is 36.4 Å². The zero-order chi connectivity index (χ0) is 20.2. The summed E-state index contributed by atoms with van der Waals surface area (Å²) >= 11 is 0. The average Bonchev–Trinajstić information content (AvgIpc) is 3.36. The van der Waals surface area contributed by atoms with E-state index in [0.29, 0.717) is 11.5 Å². The number of hydrogen-bond donors (Lipinski definition) is 2. The zero-order valence-electron chi connectivity index (χ0n) is 15.4. The molecular formula is C19H17N7O3. The first-order valence-corrected chi connectivity index (χ1v) is 8.66. The number of nitrogen functional groups attached to an aromatic ring is 1. The summed E-state index contributed by atoms with van der Waals surface area (Å²) in [6.45, 7) is -0.104. The maximum absolute atomic E-state index is 12.2. The monoisotopic (exact) mass is 391 g/mol. The van der Waals surface area contributed by atoms with Crippen LogP contribution in [-0.4, -0.2) is 38.2 Å². The number of nitrogens with one attached hydrogen (secondary N) is 1. The third-order valence-electron chi connectivity index (χ3n) is 4.10. The third kappa shape index (κ3) is 3.90. The zero-order valence-corrected chi connectivity index (χ0v) is 15.4. The Morgan fingerprint density at radius 2 is 1.93 bits per heavy atom. The molecule has 0 fully saturated rings. The number of para-hydroxylation sites is 1. The number of carbonyl (C=O) groups excluding carboxylic acids is 1. The fourth-order valence-corrected chi connectivity index (χ4v) is 2.62. The van der Waals surface area contributed by atoms with Crippen molar-refractivity contribution in [2.45, 2.75) is 6.54 Å². The normalized spacial score (nSPS) is 10.7. The van der Waals surface area contributed by atoms with Crippen molar-refractivity contribution < 1.29 is 14.1 Å². The maximum Gasteiger partial charge on any atom is 0.282 e. The molecule has 0 radical (unpaired) electrons. The van der Waals surface area contributed by atoms with Gasteiger partial charge in [0.05, 0.1) is 7.11 Å². The van der Waals surface area contributed by atoms with Crippen LogP contribution in [0, 0.1) is 0 Å². The van der Waals surface area contributed by atoms with E-state index in [1.165, 1.54) is 4.68 Å². The summed E-state index contributed by atoms with van der Waals surface area (Å²) in [6.07, 6.45) is 0. The molecule has 0 aliphatic carbocycles. The Labute approximate surface area is 165 Å². The summed E-state index contributed by atoms with van der Waals surface area (Å²) in [7, 11) is 1.59. The first kappa shape index (κ1) is 18.2. The van der Waals surface area contributed by atoms with E-state index in [4.69, 9.17) is 15.0 Å². The lowest BCUT2D eigenvalue weighted by atomic mass is 10.2. The standard InChI is InChI=1S/C19H17N7O3/c1-28-14-9-7-12(8-10-14)18-22-19(29-24-18)16-17(20)26(25-23-16)11-15(27)21-13-5-3-2-4-6-13/h2-10H,11,20H2,1H3,(H,21,27). The lowest BCUT2D eigenvalue weighted by Crippen LogP contribution is -2.20. The number of carbonyl (C=O) groups is 1. The van der Waals surface area contributed by atoms with E-state index in [1.807, 2.05) is 30.3 Å². The second kappa shape index (κ2) is 7.80. The predicted octanol–water partition coefficient (Wildman–Crippen LogP) is 2.22. The molecule has 2 aromatic heterocycles. The van der Waals surface area contributed by atoms with Gasteiger partial charge in [-0.3, -0.25) is 4.79 Å². The number of rotatable bonds is 6. The van der Waals surface area contributed by atoms with Gasteiger partial charge in [0.2, 0.25) is 11.7 Å². The van der Waals surface area contributed by atoms with E-state index in [-0.39, 0.29) is 29.9 Å². The molecule has 4 rings (SSSR count). The molecule has 0 saturated carbocycles. The number of nitrogens with zero attached hydrogens (tertiary/aromatic N) is 5. The highest BCUT2D eigenvalue weighted by Gasteiger charge is 2.20. The van der Waals surface area contributed by atoms with Gasteiger partial charge < -0.3 is 20.3 Å². The highest BCUT2D eigenvalue weighted by molar-refractivity contribution is 5.90. The van der Waals surface area contributed by atoms with Crippen molar-refractivity contribution in [2.24, 2.45) is 0 Å². The fourth-order valence-electron chi connectivity index (χ4n) is 2.62. The Hall–Kier alpha value is -4.21. The fraction of sp³-hybridized carbons (Fsp3) is 0.105. The Morgan fingerprint density at radius 3 is 2.66 bits per heavy atom. The molecule has 0 atom stereocenters. The van der Waals surface area contributed by atoms with Crippen LogP contribution < -0.4 is 15.8 Å². The van der Waals surface area contributed by atoms with Crippen molar-refractivity contribution in [3.05, 3.63) is 54.6 Å². The van der Waals surface area contributed by atoms with Crippen molar-refractivity contribution >= 4 is 17.4 Å². The molecule has 0 aliphatic rings. The van der Waals surface area contributed by atoms with Crippen molar-refractivity contribution in [1.82, 2.24) is 25.1 Å². The molecule has 0 spiro atoms. The molecule has 0 unspecified atom stereocenters. The van der Waals surface area contributed by atoms with Gasteiger partial charge >= 0.3 is 0 Å². The van der Waals surface area contributed by atoms with Crippen LogP contribution in [0.5, 0.6) is 5.75 Å². The molecule has 3 N–H and O–H groups in total. The van der Waals surface area contributed by atoms with E-state index >= 15 is 0 Å². The van der Waals surface area contributed by atoms with Gasteiger partial charge in [0.1, 0.15) is 12.3 Å². The summed E-state index contributed by atoms with van der Waals surface area (Å²) in [5.41, 5.74) is 7.71. The van der Waals surface area contributed by atoms with Gasteiger partial charge in [0.15, 0.2) is 11.5 Å². The lowest BCUT2D eigenvalue weighted by molar-refractivity contribution is -0.116. The van der Waals surface area contributed by atoms with Crippen LogP contribution in [0.2, 0.25) is 0 Å². The van der Waals surface area contributed by atoms with Crippen LogP contribution in [0.3, 0.4) is 0 Å². The van der Waals surface area contributed by atoms with Crippen LogP contribution in [0.25, 0.3) is 23.0 Å². The summed E-state index contributed by atoms with van der Waals surface area (Å²) < 4.78 is 11.7. The molecule has 0 saturated heterocycles. The van der Waals surface area contributed by atoms with Crippen molar-refractivity contribution in [3.63, 3.8) is 0 Å². The van der Waals surface area contributed by atoms with Crippen LogP contribution in [0.15, 0.2) is 59.1 Å². The SMILES string of the molecule is COc1ccc(-c2noc(-c3nnn(CC(=O)Nc4ccccc4)c3N)n2)cc1. The Morgan fingerprint density at radius 1 is 1.17 bits per heavy atom. The minimum Gasteiger partial charge on any atom is -0.497 e. The first-order valence-electron chi connectivity index (χ1n) is 8.66. The molecule has 10 heteroatoms. The number of benzene rings is 2. The van der Waals surface area contributed by atoms with E-state index < -0.39 is 0 Å². The number of methoxy groups -OCH3 is 1. The summed E-state index contributed by atoms with van der Waals surface area (Å²) in [4.78, 5) is 16.5. The number of hydrogen-bond acceptors (Lipinski definition) is 8. The van der Waals surface area contributed by atoms with Crippen molar-refractivity contribution in [3.8, 4) is 28.7 Å². The van der Waals surface area contributed by atoms with E-state index in [0.717, 1.165) is 11.3 Å². The van der Waals surface area contributed by atoms with Gasteiger partial charge in [-0.25, -0.2) is 4.68 Å². The average molecular weight is 391 g/mol. The Balaban J connectivity index is 1.49. The topological polar surface area (TPSA) is 134 Å². The van der Waals surface area contributed by atoms with Gasteiger partial charge in [0.25, 0.3) is 5.89 Å². The van der Waals surface area contributed by atoms with Gasteiger partial charge in [-0.2, -0.15) is 4.98 Å². The molecule has 2 heterocycles. The molecular weight excluding hydrogens is 374 g/mol. The molecule has 1 amide bonds. The minimum absolute atomic E-state index is 0.104. The molecule has 29 heavy (non-hydrogen) atoms. The maximum atomic E-state index is 12.2. The molecule has 4 aromatic rings. The Kier molecular flexibility index (Phi) is 4.89. The number of ether oxygens (including phenoxy) is 1. The van der Waals surface area contributed by atoms with Crippen molar-refractivity contribution in [1.29, 1.82) is 0 Å². The van der Waals surface area contributed by atoms with Crippen LogP contribution >= 0.6 is 0 Å². The van der Waals surface area contributed by atoms with Gasteiger partial charge in [0, 0.05) is 11.3 Å². The predicted molar refractivity (Wildman–Crippen MR) is 105 cm³/mol. The summed E-state index contributed by atoms with van der Waals surface area (Å²) in [5, 5.41) is 14.6. The van der Waals surface area contributed by atoms with E-state index in [1.54, 1.807) is 31.4 Å². The van der Waals surface area contributed by atoms with E-state index in [2.05, 4.69) is 25.8 Å². The van der Waals surface area contributed by atoms with E-state index in [9.17, 15) is 4.79 Å². The Bertz CT molecular complexity index is 1120. The molecule has 2 aromatic carbocycles. The largest absolute Gasteiger partial charge is 0.497 e. The minimum atomic E-state index is -0.288. The van der Waals surface area contributed by atoms with Crippen LogP contribution in [0.1, 0.15) is 0 Å². The summed E-state index contributed by atoms with van der Waals surface area (Å²) in [6, 6.07) is 16.3. The number of amides is 1. The molecule has 10 nitrogen and oxygen atoms in total. The second-order valence-corrected chi connectivity index (χ2v) is 6.05. The second-order valence-electron chi connectivity index (χ2n) is 6.05. The summed E-state index contributed by atoms with van der Waals surface area (Å²) in [5.74, 6) is 1.07. The lowest BCUT2D eigenvalue weighted by Gasteiger charge is -2.05. The number of aromatic nitrogens is 5. The molecule has 0 bridgehead atoms. The van der Waals surface area contributed by atoms with Crippen LogP contribution in [-0.2, 0) is 11.3 Å². The highest BCUT2D eigenvalue weighted by atomic mass is 16.5. The smallest absolute Gasteiger partial charge is 0.282 e. The third-order valence-corrected chi connectivity index (χ3v) is 4.10. The molecule has 146 valence electrons. The first-order chi connectivity index (χ1) is 14.1. The molecule has 0 aliphatic heterocycles. The number of anilines is 2. The van der Waals surface area contributed by atoms with Crippen LogP contribution in [0.4, 0.5) is 11.5 Å². The highest BCUT2D eigenvalue weighted by Crippen LogP contribution is 2.25. The van der Waals surface area contributed by atoms with Gasteiger partial charge in [-0.15, -0.1) is 5.10 Å².